The van der Waals surface area contributed by atoms with Gasteiger partial charge in [0, 0.05) is 18.8 Å². The van der Waals surface area contributed by atoms with E-state index in [1.54, 1.807) is 0 Å². The van der Waals surface area contributed by atoms with Crippen LogP contribution >= 0.6 is 11.3 Å². The third-order valence-electron chi connectivity index (χ3n) is 3.03. The number of hydrogen-bond acceptors (Lipinski definition) is 5. The SMILES string of the molecule is CC1(NS(=O)(=O)c2ccc(C(=O)O)s2)CCOCC1. The second-order valence-corrected chi connectivity index (χ2v) is 7.70. The van der Waals surface area contributed by atoms with Crippen LogP contribution in [0.15, 0.2) is 16.3 Å². The van der Waals surface area contributed by atoms with Crippen LogP contribution in [0.2, 0.25) is 0 Å². The van der Waals surface area contributed by atoms with E-state index < -0.39 is 21.5 Å². The zero-order valence-corrected chi connectivity index (χ0v) is 12.0. The first-order valence-corrected chi connectivity index (χ1v) is 8.07. The van der Waals surface area contributed by atoms with E-state index in [-0.39, 0.29) is 9.09 Å². The molecule has 19 heavy (non-hydrogen) atoms. The molecule has 6 nitrogen and oxygen atoms in total. The van der Waals surface area contributed by atoms with Gasteiger partial charge in [0.1, 0.15) is 9.09 Å². The number of rotatable bonds is 4. The van der Waals surface area contributed by atoms with E-state index in [9.17, 15) is 13.2 Å². The molecule has 0 aromatic carbocycles. The molecule has 0 aliphatic carbocycles. The van der Waals surface area contributed by atoms with Crippen LogP contribution < -0.4 is 4.72 Å². The van der Waals surface area contributed by atoms with Gasteiger partial charge in [-0.3, -0.25) is 0 Å². The highest BCUT2D eigenvalue weighted by atomic mass is 32.2. The Labute approximate surface area is 115 Å². The number of carboxylic acid groups (broad SMARTS) is 1. The van der Waals surface area contributed by atoms with Crippen molar-refractivity contribution in [1.82, 2.24) is 4.72 Å². The summed E-state index contributed by atoms with van der Waals surface area (Å²) in [5.74, 6) is -1.12. The molecule has 8 heteroatoms. The zero-order valence-electron chi connectivity index (χ0n) is 10.4. The average molecular weight is 305 g/mol. The highest BCUT2D eigenvalue weighted by Crippen LogP contribution is 2.26. The van der Waals surface area contributed by atoms with Crippen molar-refractivity contribution < 1.29 is 23.1 Å². The Morgan fingerprint density at radius 3 is 2.58 bits per heavy atom. The topological polar surface area (TPSA) is 92.7 Å². The number of thiophene rings is 1. The van der Waals surface area contributed by atoms with E-state index in [1.165, 1.54) is 12.1 Å². The minimum atomic E-state index is -3.68. The Morgan fingerprint density at radius 1 is 1.42 bits per heavy atom. The van der Waals surface area contributed by atoms with Crippen LogP contribution in [0.3, 0.4) is 0 Å². The number of nitrogens with one attached hydrogen (secondary N) is 1. The van der Waals surface area contributed by atoms with Gasteiger partial charge in [-0.05, 0) is 31.9 Å². The lowest BCUT2D eigenvalue weighted by atomic mass is 9.94. The van der Waals surface area contributed by atoms with Crippen LogP contribution in [0.1, 0.15) is 29.4 Å². The van der Waals surface area contributed by atoms with Gasteiger partial charge in [0.25, 0.3) is 10.0 Å². The van der Waals surface area contributed by atoms with Crippen LogP contribution in [-0.2, 0) is 14.8 Å². The molecule has 0 bridgehead atoms. The van der Waals surface area contributed by atoms with Crippen LogP contribution in [0.25, 0.3) is 0 Å². The molecule has 2 rings (SSSR count). The smallest absolute Gasteiger partial charge is 0.345 e. The van der Waals surface area contributed by atoms with Gasteiger partial charge >= 0.3 is 5.97 Å². The third-order valence-corrected chi connectivity index (χ3v) is 6.24. The minimum Gasteiger partial charge on any atom is -0.477 e. The van der Waals surface area contributed by atoms with Gasteiger partial charge in [0.05, 0.1) is 0 Å². The predicted octanol–water partition coefficient (Wildman–Crippen LogP) is 1.29. The first kappa shape index (κ1) is 14.4. The van der Waals surface area contributed by atoms with E-state index in [0.717, 1.165) is 11.3 Å². The second kappa shape index (κ2) is 5.20. The number of sulfonamides is 1. The van der Waals surface area contributed by atoms with Crippen LogP contribution in [0.5, 0.6) is 0 Å². The van der Waals surface area contributed by atoms with Crippen LogP contribution in [0, 0.1) is 0 Å². The number of ether oxygens (including phenoxy) is 1. The molecule has 0 saturated carbocycles. The summed E-state index contributed by atoms with van der Waals surface area (Å²) in [6, 6.07) is 2.62. The largest absolute Gasteiger partial charge is 0.477 e. The van der Waals surface area contributed by atoms with Crippen molar-refractivity contribution in [2.45, 2.75) is 29.5 Å². The molecule has 1 aromatic heterocycles. The number of carbonyl (C=O) groups is 1. The lowest BCUT2D eigenvalue weighted by Crippen LogP contribution is -2.49. The summed E-state index contributed by atoms with van der Waals surface area (Å²) in [6.45, 7) is 2.87. The van der Waals surface area contributed by atoms with Crippen molar-refractivity contribution in [3.8, 4) is 0 Å². The molecule has 0 atom stereocenters. The van der Waals surface area contributed by atoms with Crippen molar-refractivity contribution >= 4 is 27.3 Å². The molecule has 2 heterocycles. The van der Waals surface area contributed by atoms with Crippen LogP contribution in [-0.4, -0.2) is 38.2 Å². The maximum absolute atomic E-state index is 12.2. The molecule has 1 aromatic rings. The average Bonchev–Trinajstić information content (AvgIpc) is 2.78. The van der Waals surface area contributed by atoms with Gasteiger partial charge in [-0.2, -0.15) is 0 Å². The van der Waals surface area contributed by atoms with Crippen molar-refractivity contribution in [2.75, 3.05) is 13.2 Å². The van der Waals surface area contributed by atoms with E-state index in [1.807, 2.05) is 6.92 Å². The Balaban J connectivity index is 2.19. The van der Waals surface area contributed by atoms with Crippen molar-refractivity contribution in [2.24, 2.45) is 0 Å². The number of hydrogen-bond donors (Lipinski definition) is 2. The van der Waals surface area contributed by atoms with Gasteiger partial charge in [-0.1, -0.05) is 0 Å². The first-order chi connectivity index (χ1) is 8.82. The Bertz CT molecular complexity index is 572. The van der Waals surface area contributed by atoms with E-state index in [4.69, 9.17) is 9.84 Å². The Hall–Kier alpha value is -0.960. The monoisotopic (exact) mass is 305 g/mol. The molecule has 0 amide bonds. The van der Waals surface area contributed by atoms with Gasteiger partial charge in [0.15, 0.2) is 0 Å². The molecule has 0 spiro atoms. The summed E-state index contributed by atoms with van der Waals surface area (Å²) in [7, 11) is -3.68. The van der Waals surface area contributed by atoms with Gasteiger partial charge in [-0.15, -0.1) is 11.3 Å². The Kier molecular flexibility index (Phi) is 3.95. The summed E-state index contributed by atoms with van der Waals surface area (Å²) >= 11 is 0.754. The molecule has 2 N–H and O–H groups in total. The summed E-state index contributed by atoms with van der Waals surface area (Å²) in [4.78, 5) is 10.8. The first-order valence-electron chi connectivity index (χ1n) is 5.77. The second-order valence-electron chi connectivity index (χ2n) is 4.70. The van der Waals surface area contributed by atoms with Crippen molar-refractivity contribution in [3.05, 3.63) is 17.0 Å². The normalized spacial score (nSPS) is 19.2. The molecule has 1 aliphatic rings. The summed E-state index contributed by atoms with van der Waals surface area (Å²) in [5, 5.41) is 8.81. The molecular formula is C11H15NO5S2. The van der Waals surface area contributed by atoms with Crippen molar-refractivity contribution in [1.29, 1.82) is 0 Å². The van der Waals surface area contributed by atoms with E-state index >= 15 is 0 Å². The molecule has 106 valence electrons. The zero-order chi connectivity index (χ0) is 14.1. The predicted molar refractivity (Wildman–Crippen MR) is 70.1 cm³/mol. The fourth-order valence-corrected chi connectivity index (χ4v) is 4.49. The van der Waals surface area contributed by atoms with E-state index in [2.05, 4.69) is 4.72 Å². The Morgan fingerprint density at radius 2 is 2.05 bits per heavy atom. The van der Waals surface area contributed by atoms with Crippen molar-refractivity contribution in [3.63, 3.8) is 0 Å². The molecule has 0 radical (unpaired) electrons. The van der Waals surface area contributed by atoms with Gasteiger partial charge in [-0.25, -0.2) is 17.9 Å². The quantitative estimate of drug-likeness (QED) is 0.874. The third kappa shape index (κ3) is 3.33. The highest BCUT2D eigenvalue weighted by Gasteiger charge is 2.33. The minimum absolute atomic E-state index is 0.0116. The van der Waals surface area contributed by atoms with Gasteiger partial charge in [0.2, 0.25) is 0 Å². The molecule has 1 saturated heterocycles. The summed E-state index contributed by atoms with van der Waals surface area (Å²) in [5.41, 5.74) is -0.537. The molecule has 1 aliphatic heterocycles. The summed E-state index contributed by atoms with van der Waals surface area (Å²) in [6.07, 6.45) is 1.20. The maximum Gasteiger partial charge on any atom is 0.345 e. The molecule has 0 unspecified atom stereocenters. The summed E-state index contributed by atoms with van der Waals surface area (Å²) < 4.78 is 32.3. The molecular weight excluding hydrogens is 290 g/mol. The number of aromatic carboxylic acids is 1. The van der Waals surface area contributed by atoms with E-state index in [0.29, 0.717) is 26.1 Å². The fraction of sp³-hybridized carbons (Fsp3) is 0.545. The molecule has 1 fully saturated rings. The lowest BCUT2D eigenvalue weighted by Gasteiger charge is -2.33. The standard InChI is InChI=1S/C11H15NO5S2/c1-11(4-6-17-7-5-11)12-19(15,16)9-3-2-8(18-9)10(13)14/h2-3,12H,4-7H2,1H3,(H,13,14). The lowest BCUT2D eigenvalue weighted by molar-refractivity contribution is 0.0537. The van der Waals surface area contributed by atoms with Gasteiger partial charge < -0.3 is 9.84 Å². The maximum atomic E-state index is 12.2. The van der Waals surface area contributed by atoms with Crippen LogP contribution in [0.4, 0.5) is 0 Å². The number of carboxylic acids is 1. The highest BCUT2D eigenvalue weighted by molar-refractivity contribution is 7.91. The fourth-order valence-electron chi connectivity index (χ4n) is 1.88.